The Balaban J connectivity index is 1.57. The fourth-order valence-corrected chi connectivity index (χ4v) is 4.35. The SMILES string of the molecule is COc1cc2c(cc1OC)-c1c(-c3cccc(-c4cccc(OC(F)(F)F)c4)c3)ncn1CC2. The van der Waals surface area contributed by atoms with Crippen LogP contribution in [0.15, 0.2) is 67.0 Å². The van der Waals surface area contributed by atoms with E-state index in [2.05, 4.69) is 14.3 Å². The molecule has 8 heteroatoms. The Hall–Kier alpha value is -3.94. The monoisotopic (exact) mass is 466 g/mol. The van der Waals surface area contributed by atoms with Crippen molar-refractivity contribution in [3.8, 4) is 50.9 Å². The Morgan fingerprint density at radius 1 is 0.853 bits per heavy atom. The Labute approximate surface area is 194 Å². The van der Waals surface area contributed by atoms with Gasteiger partial charge in [-0.2, -0.15) is 0 Å². The maximum Gasteiger partial charge on any atom is 0.573 e. The van der Waals surface area contributed by atoms with Gasteiger partial charge in [0.05, 0.1) is 31.9 Å². The number of nitrogens with zero attached hydrogens (tertiary/aromatic N) is 2. The summed E-state index contributed by atoms with van der Waals surface area (Å²) in [5.41, 5.74) is 6.14. The highest BCUT2D eigenvalue weighted by Crippen LogP contribution is 2.42. The molecule has 0 bridgehead atoms. The zero-order valence-electron chi connectivity index (χ0n) is 18.5. The number of alkyl halides is 3. The van der Waals surface area contributed by atoms with Gasteiger partial charge in [0.25, 0.3) is 0 Å². The summed E-state index contributed by atoms with van der Waals surface area (Å²) >= 11 is 0. The van der Waals surface area contributed by atoms with E-state index < -0.39 is 6.36 Å². The quantitative estimate of drug-likeness (QED) is 0.344. The van der Waals surface area contributed by atoms with Crippen LogP contribution >= 0.6 is 0 Å². The number of halogens is 3. The highest BCUT2D eigenvalue weighted by molar-refractivity contribution is 5.84. The van der Waals surface area contributed by atoms with Crippen molar-refractivity contribution in [3.63, 3.8) is 0 Å². The molecular weight excluding hydrogens is 445 g/mol. The molecule has 0 atom stereocenters. The zero-order valence-corrected chi connectivity index (χ0v) is 18.5. The number of benzene rings is 3. The van der Waals surface area contributed by atoms with Crippen molar-refractivity contribution in [3.05, 3.63) is 72.6 Å². The summed E-state index contributed by atoms with van der Waals surface area (Å²) in [6, 6.07) is 17.5. The van der Waals surface area contributed by atoms with Crippen LogP contribution in [-0.4, -0.2) is 30.1 Å². The summed E-state index contributed by atoms with van der Waals surface area (Å²) in [6.07, 6.45) is -2.09. The van der Waals surface area contributed by atoms with Crippen LogP contribution in [0, 0.1) is 0 Å². The molecule has 1 aliphatic heterocycles. The predicted octanol–water partition coefficient (Wildman–Crippen LogP) is 6.36. The molecule has 0 aliphatic carbocycles. The third kappa shape index (κ3) is 4.07. The summed E-state index contributed by atoms with van der Waals surface area (Å²) in [5.74, 6) is 1.06. The first-order chi connectivity index (χ1) is 16.4. The summed E-state index contributed by atoms with van der Waals surface area (Å²) in [6.45, 7) is 0.779. The number of hydrogen-bond acceptors (Lipinski definition) is 4. The smallest absolute Gasteiger partial charge is 0.493 e. The lowest BCUT2D eigenvalue weighted by atomic mass is 9.93. The molecule has 0 fully saturated rings. The van der Waals surface area contributed by atoms with Gasteiger partial charge in [-0.25, -0.2) is 4.98 Å². The number of imidazole rings is 1. The Morgan fingerprint density at radius 2 is 1.53 bits per heavy atom. The second-order valence-corrected chi connectivity index (χ2v) is 7.91. The van der Waals surface area contributed by atoms with E-state index in [0.29, 0.717) is 17.1 Å². The molecule has 4 aromatic rings. The van der Waals surface area contributed by atoms with Crippen LogP contribution in [0.3, 0.4) is 0 Å². The molecule has 5 nitrogen and oxygen atoms in total. The van der Waals surface area contributed by atoms with Crippen LogP contribution in [0.2, 0.25) is 0 Å². The van der Waals surface area contributed by atoms with E-state index in [-0.39, 0.29) is 5.75 Å². The van der Waals surface area contributed by atoms with Gasteiger partial charge in [0.1, 0.15) is 5.75 Å². The van der Waals surface area contributed by atoms with Gasteiger partial charge in [-0.1, -0.05) is 30.3 Å². The van der Waals surface area contributed by atoms with Crippen molar-refractivity contribution >= 4 is 0 Å². The standard InChI is InChI=1S/C26H21F3N2O3/c1-32-22-13-18-9-10-31-15-30-24(25(31)21(18)14-23(22)33-2)19-7-3-5-16(11-19)17-6-4-8-20(12-17)34-26(27,28)29/h3-8,11-15H,9-10H2,1-2H3. The van der Waals surface area contributed by atoms with Crippen LogP contribution < -0.4 is 14.2 Å². The van der Waals surface area contributed by atoms with E-state index in [4.69, 9.17) is 9.47 Å². The third-order valence-corrected chi connectivity index (χ3v) is 5.86. The molecule has 2 heterocycles. The first kappa shape index (κ1) is 21.9. The minimum absolute atomic E-state index is 0.259. The first-order valence-electron chi connectivity index (χ1n) is 10.6. The molecule has 0 amide bonds. The van der Waals surface area contributed by atoms with Crippen molar-refractivity contribution in [1.82, 2.24) is 9.55 Å². The van der Waals surface area contributed by atoms with Gasteiger partial charge in [-0.3, -0.25) is 0 Å². The lowest BCUT2D eigenvalue weighted by molar-refractivity contribution is -0.274. The molecule has 0 saturated carbocycles. The Morgan fingerprint density at radius 3 is 2.26 bits per heavy atom. The molecule has 1 aliphatic rings. The van der Waals surface area contributed by atoms with Gasteiger partial charge in [0.15, 0.2) is 11.5 Å². The second-order valence-electron chi connectivity index (χ2n) is 7.91. The molecule has 0 N–H and O–H groups in total. The Bertz CT molecular complexity index is 1360. The van der Waals surface area contributed by atoms with E-state index >= 15 is 0 Å². The van der Waals surface area contributed by atoms with E-state index in [9.17, 15) is 13.2 Å². The van der Waals surface area contributed by atoms with Crippen LogP contribution in [0.1, 0.15) is 5.56 Å². The van der Waals surface area contributed by atoms with Gasteiger partial charge in [0.2, 0.25) is 0 Å². The third-order valence-electron chi connectivity index (χ3n) is 5.86. The minimum Gasteiger partial charge on any atom is -0.493 e. The number of methoxy groups -OCH3 is 2. The van der Waals surface area contributed by atoms with Crippen molar-refractivity contribution in [2.45, 2.75) is 19.3 Å². The molecule has 0 saturated heterocycles. The van der Waals surface area contributed by atoms with Gasteiger partial charge in [-0.15, -0.1) is 13.2 Å². The molecular formula is C26H21F3N2O3. The molecule has 3 aromatic carbocycles. The molecule has 174 valence electrons. The van der Waals surface area contributed by atoms with E-state index in [1.54, 1.807) is 20.3 Å². The average Bonchev–Trinajstić information content (AvgIpc) is 3.27. The van der Waals surface area contributed by atoms with E-state index in [1.165, 1.54) is 18.2 Å². The highest BCUT2D eigenvalue weighted by atomic mass is 19.4. The van der Waals surface area contributed by atoms with Crippen molar-refractivity contribution in [1.29, 1.82) is 0 Å². The number of fused-ring (bicyclic) bond motifs is 3. The molecule has 1 aromatic heterocycles. The number of aromatic nitrogens is 2. The number of hydrogen-bond donors (Lipinski definition) is 0. The van der Waals surface area contributed by atoms with Gasteiger partial charge in [-0.05, 0) is 53.4 Å². The molecule has 0 radical (unpaired) electrons. The highest BCUT2D eigenvalue weighted by Gasteiger charge is 2.31. The predicted molar refractivity (Wildman–Crippen MR) is 122 cm³/mol. The van der Waals surface area contributed by atoms with Crippen LogP contribution in [0.5, 0.6) is 17.2 Å². The summed E-state index contributed by atoms with van der Waals surface area (Å²) in [7, 11) is 3.22. The number of aryl methyl sites for hydroxylation is 2. The summed E-state index contributed by atoms with van der Waals surface area (Å²) in [4.78, 5) is 4.68. The number of rotatable bonds is 5. The lowest BCUT2D eigenvalue weighted by Crippen LogP contribution is -2.17. The molecule has 0 spiro atoms. The largest absolute Gasteiger partial charge is 0.573 e. The van der Waals surface area contributed by atoms with E-state index in [0.717, 1.165) is 46.6 Å². The molecule has 5 rings (SSSR count). The average molecular weight is 466 g/mol. The van der Waals surface area contributed by atoms with E-state index in [1.807, 2.05) is 42.7 Å². The van der Waals surface area contributed by atoms with Crippen molar-refractivity contribution in [2.24, 2.45) is 0 Å². The number of ether oxygens (including phenoxy) is 3. The zero-order chi connectivity index (χ0) is 23.9. The van der Waals surface area contributed by atoms with Gasteiger partial charge in [0, 0.05) is 17.7 Å². The minimum atomic E-state index is -4.74. The Kier molecular flexibility index (Phi) is 5.43. The fourth-order valence-electron chi connectivity index (χ4n) is 4.35. The van der Waals surface area contributed by atoms with Crippen LogP contribution in [-0.2, 0) is 13.0 Å². The lowest BCUT2D eigenvalue weighted by Gasteiger charge is -2.22. The van der Waals surface area contributed by atoms with Gasteiger partial charge >= 0.3 is 6.36 Å². The maximum atomic E-state index is 12.7. The fraction of sp³-hybridized carbons (Fsp3) is 0.192. The second kappa shape index (κ2) is 8.44. The summed E-state index contributed by atoms with van der Waals surface area (Å²) in [5, 5.41) is 0. The normalized spacial score (nSPS) is 12.6. The molecule has 0 unspecified atom stereocenters. The molecule has 34 heavy (non-hydrogen) atoms. The van der Waals surface area contributed by atoms with Gasteiger partial charge < -0.3 is 18.8 Å². The topological polar surface area (TPSA) is 45.5 Å². The van der Waals surface area contributed by atoms with Crippen LogP contribution in [0.4, 0.5) is 13.2 Å². The van der Waals surface area contributed by atoms with Crippen molar-refractivity contribution < 1.29 is 27.4 Å². The first-order valence-corrected chi connectivity index (χ1v) is 10.6. The summed E-state index contributed by atoms with van der Waals surface area (Å²) < 4.78 is 55.1. The van der Waals surface area contributed by atoms with Crippen LogP contribution in [0.25, 0.3) is 33.6 Å². The van der Waals surface area contributed by atoms with Crippen molar-refractivity contribution in [2.75, 3.05) is 14.2 Å². The maximum absolute atomic E-state index is 12.7.